The number of thioether (sulfide) groups is 2. The van der Waals surface area contributed by atoms with Crippen LogP contribution in [0.15, 0.2) is 193 Å². The fraction of sp³-hybridized carbons (Fsp3) is 0.373. The highest BCUT2D eigenvalue weighted by atomic mass is 35.5. The average Bonchev–Trinajstić information content (AvgIpc) is 1.63. The van der Waals surface area contributed by atoms with Gasteiger partial charge in [-0.15, -0.1) is 0 Å². The van der Waals surface area contributed by atoms with Gasteiger partial charge in [-0.2, -0.15) is 5.26 Å². The molecular formula is C102H119Cl3F9N7O11S3Si2. The van der Waals surface area contributed by atoms with Crippen LogP contribution >= 0.6 is 70.5 Å². The van der Waals surface area contributed by atoms with E-state index in [-0.39, 0.29) is 105 Å². The number of aromatic amines is 1. The largest absolute Gasteiger partial charge is 0.495 e. The van der Waals surface area contributed by atoms with Crippen LogP contribution in [0, 0.1) is 68.5 Å². The van der Waals surface area contributed by atoms with Crippen LogP contribution in [0.3, 0.4) is 0 Å². The molecule has 1 saturated heterocycles. The summed E-state index contributed by atoms with van der Waals surface area (Å²) in [6.45, 7) is 37.2. The van der Waals surface area contributed by atoms with Crippen molar-refractivity contribution in [3.05, 3.63) is 305 Å². The maximum atomic E-state index is 15.2. The van der Waals surface area contributed by atoms with Crippen LogP contribution in [0.4, 0.5) is 39.5 Å². The normalized spacial score (nSPS) is 12.3. The Balaban J connectivity index is 0.000000226. The zero-order valence-electron chi connectivity index (χ0n) is 80.5. The summed E-state index contributed by atoms with van der Waals surface area (Å²) in [6, 6.07) is 43.4. The molecule has 4 heterocycles. The van der Waals surface area contributed by atoms with E-state index in [1.807, 2.05) is 90.1 Å². The number of rotatable bonds is 32. The van der Waals surface area contributed by atoms with Gasteiger partial charge in [0.1, 0.15) is 107 Å². The molecule has 1 fully saturated rings. The number of nitriles is 1. The highest BCUT2D eigenvalue weighted by molar-refractivity contribution is 7.98. The standard InChI is InChI=1S/C34H40ClF3N2O3SSi.C28H26ClF3N2O3S.C19H18ClFN2OS.C15H24F2O3Si.C4H8O.C2H3N/c1-33(2,3)45(7,8)43-16-15-42-25-18-28(37)26(29(38)19-25)21-44-32-39-20-31(40(32)24-12-10-23(36)11-13-24)34(4,5)22-9-14-27(35)30(17-22)41-6;1-28(2,17-4-9-22(29)25(12-17)36-3)26-15-33-27(34(26)19-7-5-18(30)6-8-19)38-16-21-23(31)13-20(14-24(21)32)37-11-10-35;1-19(2,12-4-9-15(20)16(10-12)24-3)17-11-22-18(25)23(17)14-7-5-13(21)6-8-14;1-15(2,3)21(4,5)20-7-6-19-11-8-13(16)12(10-18)14(17)9-11;1-2-4-5-3-1;1-2-3/h9-14,17-20H,15-16,21H2,1-8H3;4-9,12-15,35H,10-11,16H2,1-3H3;4-11H,1-3H3,(H,22,25);8-9,18H,6-7,10H2,1-5H3;1-4H2;1H3. The van der Waals surface area contributed by atoms with Crippen molar-refractivity contribution in [2.45, 2.75) is 184 Å². The Morgan fingerprint density at radius 2 is 0.745 bits per heavy atom. The highest BCUT2D eigenvalue weighted by Gasteiger charge is 2.40. The summed E-state index contributed by atoms with van der Waals surface area (Å²) >= 11 is 26.4. The van der Waals surface area contributed by atoms with Crippen molar-refractivity contribution in [2.24, 2.45) is 0 Å². The summed E-state index contributed by atoms with van der Waals surface area (Å²) < 4.78 is 183. The summed E-state index contributed by atoms with van der Waals surface area (Å²) in [5, 5.41) is 27.7. The Morgan fingerprint density at radius 1 is 0.445 bits per heavy atom. The van der Waals surface area contributed by atoms with Gasteiger partial charge in [0.2, 0.25) is 0 Å². The summed E-state index contributed by atoms with van der Waals surface area (Å²) in [5.74, 6) is -3.82. The predicted molar refractivity (Wildman–Crippen MR) is 534 cm³/mol. The molecule has 0 bridgehead atoms. The third-order valence-corrected chi connectivity index (χ3v) is 35.9. The lowest BCUT2D eigenvalue weighted by atomic mass is 9.81. The van der Waals surface area contributed by atoms with E-state index in [0.717, 1.165) is 88.7 Å². The smallest absolute Gasteiger partial charge is 0.192 e. The molecule has 35 heteroatoms. The van der Waals surface area contributed by atoms with E-state index in [4.69, 9.17) is 105 Å². The lowest BCUT2D eigenvalue weighted by Crippen LogP contribution is -2.41. The van der Waals surface area contributed by atoms with E-state index >= 15 is 8.78 Å². The van der Waals surface area contributed by atoms with Gasteiger partial charge in [0, 0.05) is 124 Å². The Bertz CT molecular complexity index is 6010. The molecular weight excluding hydrogens is 1930 g/mol. The van der Waals surface area contributed by atoms with Gasteiger partial charge in [0.25, 0.3) is 0 Å². The van der Waals surface area contributed by atoms with Crippen molar-refractivity contribution in [1.29, 1.82) is 5.26 Å². The third-order valence-electron chi connectivity index (χ3n) is 23.7. The monoisotopic (exact) mass is 2050 g/mol. The molecule has 18 nitrogen and oxygen atoms in total. The molecule has 3 N–H and O–H groups in total. The van der Waals surface area contributed by atoms with Crippen LogP contribution in [-0.4, -0.2) is 130 Å². The molecule has 0 atom stereocenters. The first-order valence-corrected chi connectivity index (χ1v) is 53.1. The Labute approximate surface area is 827 Å². The molecule has 12 aromatic rings. The highest BCUT2D eigenvalue weighted by Crippen LogP contribution is 2.45. The quantitative estimate of drug-likeness (QED) is 0.0118. The molecule has 13 rings (SSSR count). The van der Waals surface area contributed by atoms with Gasteiger partial charge in [0.05, 0.1) is 98.4 Å². The molecule has 1 aliphatic rings. The summed E-state index contributed by atoms with van der Waals surface area (Å²) in [7, 11) is 0.891. The van der Waals surface area contributed by atoms with E-state index in [0.29, 0.717) is 72.0 Å². The number of aromatic nitrogens is 6. The average molecular weight is 2050 g/mol. The molecule has 738 valence electrons. The van der Waals surface area contributed by atoms with Crippen molar-refractivity contribution in [2.75, 3.05) is 74.2 Å². The number of nitrogens with one attached hydrogen (secondary N) is 1. The fourth-order valence-electron chi connectivity index (χ4n) is 13.4. The van der Waals surface area contributed by atoms with E-state index in [1.165, 1.54) is 80.1 Å². The van der Waals surface area contributed by atoms with Crippen molar-refractivity contribution in [3.63, 3.8) is 0 Å². The topological polar surface area (TPSA) is 204 Å². The first-order valence-electron chi connectivity index (χ1n) is 43.8. The van der Waals surface area contributed by atoms with Crippen molar-refractivity contribution >= 4 is 87.2 Å². The minimum Gasteiger partial charge on any atom is -0.495 e. The minimum absolute atomic E-state index is 0.00181. The lowest BCUT2D eigenvalue weighted by Gasteiger charge is -2.36. The number of imidazole rings is 3. The predicted octanol–water partition coefficient (Wildman–Crippen LogP) is 27.8. The number of ether oxygens (including phenoxy) is 7. The molecule has 0 radical (unpaired) electrons. The second-order valence-corrected chi connectivity index (χ2v) is 49.2. The molecule has 0 saturated carbocycles. The molecule has 0 aliphatic carbocycles. The number of aliphatic hydroxyl groups is 2. The zero-order chi connectivity index (χ0) is 101. The van der Waals surface area contributed by atoms with E-state index in [9.17, 15) is 30.7 Å². The van der Waals surface area contributed by atoms with Gasteiger partial charge in [-0.1, -0.05) is 160 Å². The molecule has 9 aromatic carbocycles. The van der Waals surface area contributed by atoms with Crippen LogP contribution in [0.2, 0.25) is 51.3 Å². The van der Waals surface area contributed by atoms with Gasteiger partial charge >= 0.3 is 0 Å². The molecule has 1 aliphatic heterocycles. The zero-order valence-corrected chi connectivity index (χ0v) is 87.2. The number of hydrogen-bond acceptors (Lipinski definition) is 17. The first kappa shape index (κ1) is 113. The molecule has 0 unspecified atom stereocenters. The van der Waals surface area contributed by atoms with E-state index < -0.39 is 69.0 Å². The molecule has 137 heavy (non-hydrogen) atoms. The minimum atomic E-state index is -1.95. The number of benzene rings is 9. The molecule has 3 aromatic heterocycles. The number of halogens is 12. The van der Waals surface area contributed by atoms with Crippen molar-refractivity contribution in [1.82, 2.24) is 28.7 Å². The van der Waals surface area contributed by atoms with Crippen LogP contribution in [0.1, 0.15) is 153 Å². The Kier molecular flexibility index (Phi) is 41.4. The van der Waals surface area contributed by atoms with Crippen LogP contribution in [0.25, 0.3) is 17.1 Å². The van der Waals surface area contributed by atoms with Gasteiger partial charge in [-0.25, -0.2) is 49.5 Å². The summed E-state index contributed by atoms with van der Waals surface area (Å²) in [5.41, 5.74) is 5.25. The number of H-pyrrole nitrogens is 1. The second-order valence-electron chi connectivity index (χ2n) is 36.1. The van der Waals surface area contributed by atoms with Crippen LogP contribution in [0.5, 0.6) is 34.5 Å². The SMILES string of the molecule is C1CCOC1.CC#N.CC(C)(C)[Si](C)(C)OCCOc1cc(F)c(CO)c(F)c1.COc1cc(C(C)(C)c2c[nH]c(=S)n2-c2ccc(F)cc2)ccc1Cl.COc1cc(C(C)(C)c2cnc(SCc3c(F)cc(OCCO)cc3F)n2-c2ccc(F)cc2)ccc1Cl.COc1cc(C(C)(C)c2cnc(SCc3c(F)cc(OCCO[Si](C)(C)C(C)(C)C)cc3F)n2-c2ccc(F)cc2)ccc1Cl. The fourth-order valence-corrected chi connectivity index (χ4v) is 18.3. The first-order chi connectivity index (χ1) is 64.5. The number of aliphatic hydroxyl groups excluding tert-OH is 2. The number of nitrogens with zero attached hydrogens (tertiary/aromatic N) is 6. The number of hydrogen-bond donors (Lipinski definition) is 3. The van der Waals surface area contributed by atoms with Crippen molar-refractivity contribution < 1.29 is 91.7 Å². The lowest BCUT2D eigenvalue weighted by molar-refractivity contribution is 0.198. The van der Waals surface area contributed by atoms with Gasteiger partial charge in [-0.3, -0.25) is 13.7 Å². The Hall–Kier alpha value is -9.71. The van der Waals surface area contributed by atoms with Crippen LogP contribution < -0.4 is 28.4 Å². The maximum Gasteiger partial charge on any atom is 0.192 e. The molecule has 0 spiro atoms. The van der Waals surface area contributed by atoms with E-state index in [2.05, 4.69) is 96.5 Å². The Morgan fingerprint density at radius 3 is 1.03 bits per heavy atom. The van der Waals surface area contributed by atoms with Gasteiger partial charge in [-0.05, 0) is 187 Å². The maximum absolute atomic E-state index is 15.2. The third kappa shape index (κ3) is 29.9. The summed E-state index contributed by atoms with van der Waals surface area (Å²) in [6.07, 6.45) is 7.86. The van der Waals surface area contributed by atoms with Gasteiger partial charge in [0.15, 0.2) is 31.7 Å². The molecule has 0 amide bonds. The van der Waals surface area contributed by atoms with Crippen LogP contribution in [-0.2, 0) is 47.9 Å². The number of methoxy groups -OCH3 is 3. The summed E-state index contributed by atoms with van der Waals surface area (Å²) in [4.78, 5) is 12.3. The van der Waals surface area contributed by atoms with E-state index in [1.54, 1.807) is 88.3 Å². The second kappa shape index (κ2) is 50.4. The van der Waals surface area contributed by atoms with Gasteiger partial charge < -0.3 is 57.2 Å². The van der Waals surface area contributed by atoms with Crippen molar-refractivity contribution in [3.8, 4) is 57.6 Å².